The number of hydrogen-bond acceptors (Lipinski definition) is 2. The molecule has 41 heavy (non-hydrogen) atoms. The lowest BCUT2D eigenvalue weighted by Crippen LogP contribution is -2.61. The molecule has 2 aromatic carbocycles. The second kappa shape index (κ2) is 9.71. The van der Waals surface area contributed by atoms with Gasteiger partial charge in [0.1, 0.15) is 5.82 Å². The van der Waals surface area contributed by atoms with Gasteiger partial charge in [-0.3, -0.25) is 9.59 Å². The topological polar surface area (TPSA) is 65.2 Å². The third-order valence-electron chi connectivity index (χ3n) is 11.1. The number of nitrogens with one attached hydrogen (secondary N) is 2. The molecule has 4 bridgehead atoms. The van der Waals surface area contributed by atoms with Crippen LogP contribution >= 0.6 is 0 Å². The van der Waals surface area contributed by atoms with E-state index in [9.17, 15) is 14.0 Å². The summed E-state index contributed by atoms with van der Waals surface area (Å²) in [5.41, 5.74) is 3.85. The molecule has 0 unspecified atom stereocenters. The first kappa shape index (κ1) is 26.7. The van der Waals surface area contributed by atoms with Crippen LogP contribution in [0.3, 0.4) is 0 Å². The Kier molecular flexibility index (Phi) is 6.33. The minimum Gasteiger partial charge on any atom is -0.358 e. The van der Waals surface area contributed by atoms with Crippen molar-refractivity contribution in [3.63, 3.8) is 0 Å². The fraction of sp³-hybridized carbons (Fsp3) is 0.543. The van der Waals surface area contributed by atoms with Crippen molar-refractivity contribution >= 4 is 22.7 Å². The molecule has 5 aliphatic carbocycles. The van der Waals surface area contributed by atoms with E-state index in [1.807, 2.05) is 6.07 Å². The van der Waals surface area contributed by atoms with E-state index in [0.29, 0.717) is 12.0 Å². The van der Waals surface area contributed by atoms with E-state index < -0.39 is 0 Å². The molecule has 8 rings (SSSR count). The molecule has 5 nitrogen and oxygen atoms in total. The first-order valence-electron chi connectivity index (χ1n) is 15.5. The smallest absolute Gasteiger partial charge is 0.240 e. The maximum atomic E-state index is 14.7. The lowest BCUT2D eigenvalue weighted by Gasteiger charge is -2.57. The van der Waals surface area contributed by atoms with Gasteiger partial charge in [-0.2, -0.15) is 0 Å². The standard InChI is InChI=1S/C35H42FN3O2/c1-21-32(26-9-5-7-11-29(26)37-21)33-27(34(33,2)3)15-31(41)39(19-25-8-4-6-10-28(25)36)20-30(40)38-35-16-22-12-23(17-35)14-24(13-22)18-35/h4-11,22-24,27,33,37H,12-20H2,1-3H3,(H,38,40)/t22?,23?,24?,27-,33-,35?/m0/s1. The Bertz CT molecular complexity index is 1470. The van der Waals surface area contributed by atoms with Gasteiger partial charge >= 0.3 is 0 Å². The number of H-pyrrole nitrogens is 1. The van der Waals surface area contributed by atoms with E-state index in [1.165, 1.54) is 36.3 Å². The highest BCUT2D eigenvalue weighted by Crippen LogP contribution is 2.67. The summed E-state index contributed by atoms with van der Waals surface area (Å²) in [6.45, 7) is 6.65. The minimum absolute atomic E-state index is 0.0289. The number of amides is 2. The zero-order chi connectivity index (χ0) is 28.5. The highest BCUT2D eigenvalue weighted by Gasteiger charge is 2.60. The zero-order valence-corrected chi connectivity index (χ0v) is 24.5. The third-order valence-corrected chi connectivity index (χ3v) is 11.1. The molecule has 216 valence electrons. The van der Waals surface area contributed by atoms with Crippen LogP contribution in [0.1, 0.15) is 81.5 Å². The van der Waals surface area contributed by atoms with Gasteiger partial charge in [-0.15, -0.1) is 0 Å². The number of hydrogen-bond donors (Lipinski definition) is 2. The highest BCUT2D eigenvalue weighted by molar-refractivity contribution is 5.88. The first-order chi connectivity index (χ1) is 19.6. The van der Waals surface area contributed by atoms with Crippen molar-refractivity contribution in [3.05, 3.63) is 71.2 Å². The molecule has 0 saturated heterocycles. The third kappa shape index (κ3) is 4.77. The largest absolute Gasteiger partial charge is 0.358 e. The van der Waals surface area contributed by atoms with Crippen molar-refractivity contribution in [1.29, 1.82) is 0 Å². The average molecular weight is 556 g/mol. The average Bonchev–Trinajstić information content (AvgIpc) is 3.25. The van der Waals surface area contributed by atoms with Gasteiger partial charge < -0.3 is 15.2 Å². The van der Waals surface area contributed by atoms with E-state index in [1.54, 1.807) is 23.1 Å². The second-order valence-electron chi connectivity index (χ2n) is 14.4. The summed E-state index contributed by atoms with van der Waals surface area (Å²) >= 11 is 0. The van der Waals surface area contributed by atoms with Gasteiger partial charge in [0, 0.05) is 40.7 Å². The molecule has 5 saturated carbocycles. The molecule has 2 N–H and O–H groups in total. The number of benzene rings is 2. The predicted octanol–water partition coefficient (Wildman–Crippen LogP) is 6.86. The highest BCUT2D eigenvalue weighted by atomic mass is 19.1. The fourth-order valence-electron chi connectivity index (χ4n) is 9.55. The normalized spacial score (nSPS) is 30.9. The minimum atomic E-state index is -0.342. The van der Waals surface area contributed by atoms with Crippen molar-refractivity contribution < 1.29 is 14.0 Å². The van der Waals surface area contributed by atoms with Gasteiger partial charge in [0.05, 0.1) is 6.54 Å². The summed E-state index contributed by atoms with van der Waals surface area (Å²) < 4.78 is 14.7. The molecule has 1 heterocycles. The molecule has 6 heteroatoms. The Morgan fingerprint density at radius 2 is 1.61 bits per heavy atom. The van der Waals surface area contributed by atoms with Crippen LogP contribution in [-0.2, 0) is 16.1 Å². The fourth-order valence-corrected chi connectivity index (χ4v) is 9.55. The molecular formula is C35H42FN3O2. The number of carbonyl (C=O) groups excluding carboxylic acids is 2. The Hall–Kier alpha value is -3.15. The Morgan fingerprint density at radius 3 is 2.29 bits per heavy atom. The molecule has 0 radical (unpaired) electrons. The van der Waals surface area contributed by atoms with E-state index in [2.05, 4.69) is 49.3 Å². The molecule has 2 atom stereocenters. The summed E-state index contributed by atoms with van der Waals surface area (Å²) in [6, 6.07) is 14.9. The number of nitrogens with zero attached hydrogens (tertiary/aromatic N) is 1. The molecule has 3 aromatic rings. The van der Waals surface area contributed by atoms with Gasteiger partial charge in [-0.05, 0) is 98.1 Å². The molecule has 0 spiro atoms. The quantitative estimate of drug-likeness (QED) is 0.319. The Morgan fingerprint density at radius 1 is 0.976 bits per heavy atom. The number of para-hydroxylation sites is 1. The summed E-state index contributed by atoms with van der Waals surface area (Å²) in [6.07, 6.45) is 7.45. The molecule has 1 aromatic heterocycles. The van der Waals surface area contributed by atoms with Crippen LogP contribution in [0.4, 0.5) is 4.39 Å². The van der Waals surface area contributed by atoms with Crippen LogP contribution in [0.25, 0.3) is 10.9 Å². The van der Waals surface area contributed by atoms with E-state index >= 15 is 0 Å². The van der Waals surface area contributed by atoms with Gasteiger partial charge in [-0.25, -0.2) is 4.39 Å². The van der Waals surface area contributed by atoms with E-state index in [0.717, 1.165) is 48.2 Å². The van der Waals surface area contributed by atoms with Crippen molar-refractivity contribution in [2.75, 3.05) is 6.54 Å². The first-order valence-corrected chi connectivity index (χ1v) is 15.5. The van der Waals surface area contributed by atoms with Gasteiger partial charge in [-0.1, -0.05) is 50.2 Å². The molecule has 5 fully saturated rings. The van der Waals surface area contributed by atoms with Crippen molar-refractivity contribution in [2.45, 2.75) is 83.7 Å². The molecule has 2 amide bonds. The molecule has 0 aliphatic heterocycles. The molecular weight excluding hydrogens is 513 g/mol. The number of carbonyl (C=O) groups is 2. The number of rotatable bonds is 8. The van der Waals surface area contributed by atoms with Crippen molar-refractivity contribution in [2.24, 2.45) is 29.1 Å². The Labute approximate surface area is 242 Å². The number of fused-ring (bicyclic) bond motifs is 1. The monoisotopic (exact) mass is 555 g/mol. The number of aryl methyl sites for hydroxylation is 1. The number of aromatic nitrogens is 1. The van der Waals surface area contributed by atoms with Crippen LogP contribution in [0.2, 0.25) is 0 Å². The lowest BCUT2D eigenvalue weighted by molar-refractivity contribution is -0.139. The van der Waals surface area contributed by atoms with Gasteiger partial charge in [0.25, 0.3) is 0 Å². The summed E-state index contributed by atoms with van der Waals surface area (Å²) in [5, 5.41) is 4.64. The van der Waals surface area contributed by atoms with Gasteiger partial charge in [0.2, 0.25) is 11.8 Å². The lowest BCUT2D eigenvalue weighted by atomic mass is 9.53. The van der Waals surface area contributed by atoms with Crippen LogP contribution in [0.5, 0.6) is 0 Å². The van der Waals surface area contributed by atoms with Crippen molar-refractivity contribution in [3.8, 4) is 0 Å². The number of aromatic amines is 1. The van der Waals surface area contributed by atoms with E-state index in [-0.39, 0.29) is 53.5 Å². The SMILES string of the molecule is Cc1[nH]c2ccccc2c1[C@@H]1[C@H](CC(=O)N(CC(=O)NC23CC4CC(CC(C4)C2)C3)Cc2ccccc2F)C1(C)C. The maximum absolute atomic E-state index is 14.7. The Balaban J connectivity index is 1.10. The second-order valence-corrected chi connectivity index (χ2v) is 14.4. The van der Waals surface area contributed by atoms with E-state index in [4.69, 9.17) is 0 Å². The van der Waals surface area contributed by atoms with Crippen LogP contribution < -0.4 is 5.32 Å². The van der Waals surface area contributed by atoms with Crippen LogP contribution in [-0.4, -0.2) is 33.8 Å². The van der Waals surface area contributed by atoms with Crippen molar-refractivity contribution in [1.82, 2.24) is 15.2 Å². The van der Waals surface area contributed by atoms with Crippen LogP contribution in [0.15, 0.2) is 48.5 Å². The summed E-state index contributed by atoms with van der Waals surface area (Å²) in [4.78, 5) is 32.7. The zero-order valence-electron chi connectivity index (χ0n) is 24.5. The summed E-state index contributed by atoms with van der Waals surface area (Å²) in [7, 11) is 0. The predicted molar refractivity (Wildman–Crippen MR) is 159 cm³/mol. The van der Waals surface area contributed by atoms with Gasteiger partial charge in [0.15, 0.2) is 0 Å². The molecule has 5 aliphatic rings. The summed E-state index contributed by atoms with van der Waals surface area (Å²) in [5.74, 6) is 2.05. The maximum Gasteiger partial charge on any atom is 0.240 e. The van der Waals surface area contributed by atoms with Crippen LogP contribution in [0, 0.1) is 41.8 Å². The number of halogens is 1.